The summed E-state index contributed by atoms with van der Waals surface area (Å²) >= 11 is 0. The minimum Gasteiger partial charge on any atom is -0.457 e. The lowest BCUT2D eigenvalue weighted by atomic mass is 9.88. The number of ether oxygens (including phenoxy) is 4. The second kappa shape index (κ2) is 9.44. The SMILES string of the molecule is CC(C)C(C(=O)OC(C#N)c1cccc(Oc2ccccc2)c1)c1ccc2c(c1)OCO2. The van der Waals surface area contributed by atoms with Crippen molar-refractivity contribution < 1.29 is 23.7 Å². The summed E-state index contributed by atoms with van der Waals surface area (Å²) in [6.45, 7) is 4.03. The van der Waals surface area contributed by atoms with Gasteiger partial charge in [0.25, 0.3) is 0 Å². The number of carbonyl (C=O) groups is 1. The first-order chi connectivity index (χ1) is 15.5. The van der Waals surface area contributed by atoms with Crippen LogP contribution in [0.25, 0.3) is 0 Å². The molecular formula is C26H23NO5. The number of hydrogen-bond acceptors (Lipinski definition) is 6. The van der Waals surface area contributed by atoms with Crippen LogP contribution in [0.2, 0.25) is 0 Å². The molecule has 0 fully saturated rings. The van der Waals surface area contributed by atoms with Crippen LogP contribution in [0.1, 0.15) is 37.0 Å². The monoisotopic (exact) mass is 429 g/mol. The van der Waals surface area contributed by atoms with Crippen molar-refractivity contribution in [2.24, 2.45) is 5.92 Å². The van der Waals surface area contributed by atoms with Gasteiger partial charge in [0, 0.05) is 5.56 Å². The summed E-state index contributed by atoms with van der Waals surface area (Å²) in [5, 5.41) is 9.72. The van der Waals surface area contributed by atoms with Crippen LogP contribution in [0.3, 0.4) is 0 Å². The van der Waals surface area contributed by atoms with Crippen molar-refractivity contribution >= 4 is 5.97 Å². The van der Waals surface area contributed by atoms with Gasteiger partial charge in [0.2, 0.25) is 12.9 Å². The van der Waals surface area contributed by atoms with E-state index in [0.29, 0.717) is 28.6 Å². The fourth-order valence-electron chi connectivity index (χ4n) is 3.62. The van der Waals surface area contributed by atoms with E-state index in [2.05, 4.69) is 6.07 Å². The molecule has 2 atom stereocenters. The number of fused-ring (bicyclic) bond motifs is 1. The van der Waals surface area contributed by atoms with Crippen LogP contribution in [0, 0.1) is 17.2 Å². The lowest BCUT2D eigenvalue weighted by Crippen LogP contribution is -2.22. The zero-order valence-corrected chi connectivity index (χ0v) is 17.9. The molecule has 0 N–H and O–H groups in total. The molecule has 0 amide bonds. The summed E-state index contributed by atoms with van der Waals surface area (Å²) in [6.07, 6.45) is -1.06. The van der Waals surface area contributed by atoms with E-state index < -0.39 is 18.0 Å². The van der Waals surface area contributed by atoms with E-state index in [0.717, 1.165) is 5.56 Å². The molecular weight excluding hydrogens is 406 g/mol. The summed E-state index contributed by atoms with van der Waals surface area (Å²) in [5.74, 6) is 1.41. The van der Waals surface area contributed by atoms with E-state index in [9.17, 15) is 10.1 Å². The number of carbonyl (C=O) groups excluding carboxylic acids is 1. The quantitative estimate of drug-likeness (QED) is 0.445. The lowest BCUT2D eigenvalue weighted by Gasteiger charge is -2.22. The van der Waals surface area contributed by atoms with Gasteiger partial charge in [-0.3, -0.25) is 4.79 Å². The molecule has 0 saturated carbocycles. The Hall–Kier alpha value is -3.98. The Morgan fingerprint density at radius 2 is 1.66 bits per heavy atom. The van der Waals surface area contributed by atoms with Crippen LogP contribution < -0.4 is 14.2 Å². The van der Waals surface area contributed by atoms with Crippen LogP contribution in [-0.2, 0) is 9.53 Å². The van der Waals surface area contributed by atoms with E-state index in [1.807, 2.05) is 50.2 Å². The highest BCUT2D eigenvalue weighted by Crippen LogP contribution is 2.37. The predicted octanol–water partition coefficient (Wildman–Crippen LogP) is 5.76. The number of rotatable bonds is 7. The second-order valence-electron chi connectivity index (χ2n) is 7.77. The molecule has 32 heavy (non-hydrogen) atoms. The van der Waals surface area contributed by atoms with Gasteiger partial charge in [-0.1, -0.05) is 50.2 Å². The van der Waals surface area contributed by atoms with Crippen molar-refractivity contribution in [3.63, 3.8) is 0 Å². The summed E-state index contributed by atoms with van der Waals surface area (Å²) in [4.78, 5) is 13.1. The topological polar surface area (TPSA) is 77.8 Å². The average Bonchev–Trinajstić information content (AvgIpc) is 3.26. The third-order valence-corrected chi connectivity index (χ3v) is 5.17. The fraction of sp³-hybridized carbons (Fsp3) is 0.231. The van der Waals surface area contributed by atoms with E-state index in [1.54, 1.807) is 36.4 Å². The molecule has 162 valence electrons. The van der Waals surface area contributed by atoms with Crippen LogP contribution in [0.15, 0.2) is 72.8 Å². The Kier molecular flexibility index (Phi) is 6.27. The number of nitrogens with zero attached hydrogens (tertiary/aromatic N) is 1. The molecule has 6 nitrogen and oxygen atoms in total. The van der Waals surface area contributed by atoms with Gasteiger partial charge in [-0.25, -0.2) is 0 Å². The van der Waals surface area contributed by atoms with Crippen LogP contribution in [-0.4, -0.2) is 12.8 Å². The van der Waals surface area contributed by atoms with Crippen molar-refractivity contribution in [3.8, 4) is 29.1 Å². The zero-order chi connectivity index (χ0) is 22.5. The maximum absolute atomic E-state index is 13.1. The van der Waals surface area contributed by atoms with E-state index in [-0.39, 0.29) is 12.7 Å². The van der Waals surface area contributed by atoms with Crippen LogP contribution in [0.4, 0.5) is 0 Å². The highest BCUT2D eigenvalue weighted by molar-refractivity contribution is 5.79. The highest BCUT2D eigenvalue weighted by Gasteiger charge is 2.30. The van der Waals surface area contributed by atoms with Crippen molar-refractivity contribution in [2.45, 2.75) is 25.9 Å². The molecule has 2 unspecified atom stereocenters. The van der Waals surface area contributed by atoms with Crippen LogP contribution >= 0.6 is 0 Å². The Morgan fingerprint density at radius 3 is 2.41 bits per heavy atom. The van der Waals surface area contributed by atoms with Crippen molar-refractivity contribution in [2.75, 3.05) is 6.79 Å². The first kappa shape index (κ1) is 21.3. The Balaban J connectivity index is 1.53. The third-order valence-electron chi connectivity index (χ3n) is 5.17. The maximum atomic E-state index is 13.1. The summed E-state index contributed by atoms with van der Waals surface area (Å²) in [7, 11) is 0. The molecule has 3 aromatic rings. The lowest BCUT2D eigenvalue weighted by molar-refractivity contribution is -0.150. The van der Waals surface area contributed by atoms with Gasteiger partial charge in [0.1, 0.15) is 17.6 Å². The summed E-state index contributed by atoms with van der Waals surface area (Å²) in [6, 6.07) is 23.8. The Labute approximate surface area is 186 Å². The smallest absolute Gasteiger partial charge is 0.315 e. The summed E-state index contributed by atoms with van der Waals surface area (Å²) in [5.41, 5.74) is 1.30. The predicted molar refractivity (Wildman–Crippen MR) is 118 cm³/mol. The highest BCUT2D eigenvalue weighted by atomic mass is 16.7. The van der Waals surface area contributed by atoms with Crippen molar-refractivity contribution in [1.29, 1.82) is 5.26 Å². The maximum Gasteiger partial charge on any atom is 0.315 e. The van der Waals surface area contributed by atoms with E-state index in [1.165, 1.54) is 0 Å². The van der Waals surface area contributed by atoms with E-state index in [4.69, 9.17) is 18.9 Å². The van der Waals surface area contributed by atoms with Gasteiger partial charge in [-0.2, -0.15) is 5.26 Å². The van der Waals surface area contributed by atoms with Crippen molar-refractivity contribution in [3.05, 3.63) is 83.9 Å². The standard InChI is InChI=1S/C26H23NO5/c1-17(2)25(19-11-12-22-23(14-19)30-16-29-22)26(28)32-24(15-27)18-7-6-10-21(13-18)31-20-8-4-3-5-9-20/h3-14,17,24-25H,16H2,1-2H3. The average molecular weight is 429 g/mol. The molecule has 0 aliphatic carbocycles. The first-order valence-corrected chi connectivity index (χ1v) is 10.4. The molecule has 0 radical (unpaired) electrons. The zero-order valence-electron chi connectivity index (χ0n) is 17.9. The molecule has 0 aromatic heterocycles. The molecule has 1 aliphatic heterocycles. The van der Waals surface area contributed by atoms with Gasteiger partial charge in [-0.05, 0) is 47.9 Å². The largest absolute Gasteiger partial charge is 0.457 e. The molecule has 4 rings (SSSR count). The minimum atomic E-state index is -1.06. The molecule has 1 heterocycles. The molecule has 1 aliphatic rings. The molecule has 0 spiro atoms. The Bertz CT molecular complexity index is 1140. The first-order valence-electron chi connectivity index (χ1n) is 10.4. The van der Waals surface area contributed by atoms with Gasteiger partial charge < -0.3 is 18.9 Å². The number of benzene rings is 3. The molecule has 6 heteroatoms. The van der Waals surface area contributed by atoms with Crippen molar-refractivity contribution in [1.82, 2.24) is 0 Å². The number of hydrogen-bond donors (Lipinski definition) is 0. The second-order valence-corrected chi connectivity index (χ2v) is 7.77. The van der Waals surface area contributed by atoms with Gasteiger partial charge in [-0.15, -0.1) is 0 Å². The normalized spacial score (nSPS) is 13.8. The number of para-hydroxylation sites is 1. The fourth-order valence-corrected chi connectivity index (χ4v) is 3.62. The van der Waals surface area contributed by atoms with Crippen LogP contribution in [0.5, 0.6) is 23.0 Å². The summed E-state index contributed by atoms with van der Waals surface area (Å²) < 4.78 is 22.3. The van der Waals surface area contributed by atoms with E-state index >= 15 is 0 Å². The molecule has 3 aromatic carbocycles. The number of esters is 1. The van der Waals surface area contributed by atoms with Gasteiger partial charge in [0.05, 0.1) is 5.92 Å². The third kappa shape index (κ3) is 4.68. The minimum absolute atomic E-state index is 0.0463. The Morgan fingerprint density at radius 1 is 0.906 bits per heavy atom. The molecule has 0 bridgehead atoms. The molecule has 0 saturated heterocycles. The van der Waals surface area contributed by atoms with Gasteiger partial charge >= 0.3 is 5.97 Å². The van der Waals surface area contributed by atoms with Gasteiger partial charge in [0.15, 0.2) is 11.5 Å². The number of nitriles is 1.